The first kappa shape index (κ1) is 15.4. The van der Waals surface area contributed by atoms with E-state index in [1.165, 1.54) is 10.9 Å². The second-order valence-corrected chi connectivity index (χ2v) is 4.98. The monoisotopic (exact) mass is 296 g/mol. The van der Waals surface area contributed by atoms with Gasteiger partial charge in [-0.1, -0.05) is 29.8 Å². The van der Waals surface area contributed by atoms with Crippen LogP contribution in [0.3, 0.4) is 0 Å². The van der Waals surface area contributed by atoms with Crippen molar-refractivity contribution in [3.8, 4) is 6.07 Å². The molecule has 0 radical (unpaired) electrons. The highest BCUT2D eigenvalue weighted by Gasteiger charge is 2.13. The minimum atomic E-state index is -0.319. The van der Waals surface area contributed by atoms with Crippen molar-refractivity contribution in [3.05, 3.63) is 47.2 Å². The maximum absolute atomic E-state index is 12.0. The van der Waals surface area contributed by atoms with E-state index < -0.39 is 0 Å². The van der Waals surface area contributed by atoms with Crippen molar-refractivity contribution in [1.29, 1.82) is 5.26 Å². The van der Waals surface area contributed by atoms with Crippen LogP contribution in [0.2, 0.25) is 0 Å². The van der Waals surface area contributed by atoms with Crippen LogP contribution in [0, 0.1) is 18.3 Å². The van der Waals surface area contributed by atoms with Crippen LogP contribution >= 0.6 is 0 Å². The van der Waals surface area contributed by atoms with E-state index >= 15 is 0 Å². The van der Waals surface area contributed by atoms with Crippen molar-refractivity contribution in [2.75, 3.05) is 5.32 Å². The molecule has 0 atom stereocenters. The molecule has 1 aromatic heterocycles. The van der Waals surface area contributed by atoms with Crippen LogP contribution < -0.4 is 5.32 Å². The summed E-state index contributed by atoms with van der Waals surface area (Å²) in [5.74, 6) is -0.0588. The lowest BCUT2D eigenvalue weighted by molar-refractivity contribution is -0.116. The smallest absolute Gasteiger partial charge is 0.226 e. The number of nitrogens with one attached hydrogen (secondary N) is 1. The van der Waals surface area contributed by atoms with Gasteiger partial charge >= 0.3 is 0 Å². The van der Waals surface area contributed by atoms with Gasteiger partial charge in [-0.05, 0) is 6.92 Å². The Hall–Kier alpha value is -2.94. The van der Waals surface area contributed by atoms with E-state index in [1.807, 2.05) is 25.1 Å². The largest absolute Gasteiger partial charge is 0.310 e. The van der Waals surface area contributed by atoms with Gasteiger partial charge in [0.25, 0.3) is 0 Å². The number of carbonyl (C=O) groups is 2. The highest BCUT2D eigenvalue weighted by molar-refractivity contribution is 6.00. The SMILES string of the molecule is Cc1ccc(C(=O)CCC(=O)Nc2c(C#N)cnn2C)cc1. The van der Waals surface area contributed by atoms with Gasteiger partial charge in [0.1, 0.15) is 17.5 Å². The van der Waals surface area contributed by atoms with Crippen LogP contribution in [0.4, 0.5) is 5.82 Å². The average Bonchev–Trinajstić information content (AvgIpc) is 2.86. The molecule has 1 aromatic carbocycles. The third kappa shape index (κ3) is 3.58. The number of rotatable bonds is 5. The van der Waals surface area contributed by atoms with E-state index in [0.29, 0.717) is 16.9 Å². The van der Waals surface area contributed by atoms with Crippen molar-refractivity contribution in [3.63, 3.8) is 0 Å². The van der Waals surface area contributed by atoms with E-state index in [2.05, 4.69) is 10.4 Å². The number of amides is 1. The number of hydrogen-bond acceptors (Lipinski definition) is 4. The molecule has 112 valence electrons. The van der Waals surface area contributed by atoms with E-state index in [4.69, 9.17) is 5.26 Å². The molecule has 0 unspecified atom stereocenters. The summed E-state index contributed by atoms with van der Waals surface area (Å²) in [5.41, 5.74) is 1.96. The molecule has 6 nitrogen and oxygen atoms in total. The van der Waals surface area contributed by atoms with Crippen LogP contribution in [0.15, 0.2) is 30.5 Å². The Morgan fingerprint density at radius 2 is 1.95 bits per heavy atom. The Kier molecular flexibility index (Phi) is 4.69. The van der Waals surface area contributed by atoms with E-state index in [1.54, 1.807) is 19.2 Å². The van der Waals surface area contributed by atoms with E-state index in [-0.39, 0.29) is 24.5 Å². The highest BCUT2D eigenvalue weighted by Crippen LogP contribution is 2.13. The Labute approximate surface area is 128 Å². The van der Waals surface area contributed by atoms with Gasteiger partial charge in [-0.15, -0.1) is 0 Å². The van der Waals surface area contributed by atoms with Gasteiger partial charge in [0.15, 0.2) is 5.78 Å². The maximum Gasteiger partial charge on any atom is 0.226 e. The number of nitrogens with zero attached hydrogens (tertiary/aromatic N) is 3. The minimum absolute atomic E-state index is 0.0583. The number of nitriles is 1. The summed E-state index contributed by atoms with van der Waals surface area (Å²) in [4.78, 5) is 23.9. The summed E-state index contributed by atoms with van der Waals surface area (Å²) >= 11 is 0. The zero-order chi connectivity index (χ0) is 16.1. The molecule has 22 heavy (non-hydrogen) atoms. The first-order valence-corrected chi connectivity index (χ1v) is 6.83. The zero-order valence-corrected chi connectivity index (χ0v) is 12.5. The average molecular weight is 296 g/mol. The first-order chi connectivity index (χ1) is 10.5. The number of benzene rings is 1. The molecule has 0 aliphatic carbocycles. The molecule has 0 saturated heterocycles. The predicted molar refractivity (Wildman–Crippen MR) is 81.3 cm³/mol. The minimum Gasteiger partial charge on any atom is -0.310 e. The summed E-state index contributed by atoms with van der Waals surface area (Å²) in [6.07, 6.45) is 1.56. The number of ketones is 1. The summed E-state index contributed by atoms with van der Waals surface area (Å²) in [6.45, 7) is 1.95. The second-order valence-electron chi connectivity index (χ2n) is 4.98. The van der Waals surface area contributed by atoms with Crippen molar-refractivity contribution in [2.45, 2.75) is 19.8 Å². The summed E-state index contributed by atoms with van der Waals surface area (Å²) in [5, 5.41) is 15.4. The fraction of sp³-hybridized carbons (Fsp3) is 0.250. The number of anilines is 1. The first-order valence-electron chi connectivity index (χ1n) is 6.83. The zero-order valence-electron chi connectivity index (χ0n) is 12.5. The van der Waals surface area contributed by atoms with Gasteiger partial charge in [0.05, 0.1) is 6.20 Å². The summed E-state index contributed by atoms with van der Waals surface area (Å²) < 4.78 is 1.41. The molecule has 0 bridgehead atoms. The third-order valence-corrected chi connectivity index (χ3v) is 3.27. The van der Waals surface area contributed by atoms with Crippen LogP contribution in [0.5, 0.6) is 0 Å². The highest BCUT2D eigenvalue weighted by atomic mass is 16.2. The number of carbonyl (C=O) groups excluding carboxylic acids is 2. The predicted octanol–water partition coefficient (Wildman–Crippen LogP) is 2.20. The normalized spacial score (nSPS) is 10.0. The molecule has 0 spiro atoms. The Bertz CT molecular complexity index is 738. The van der Waals surface area contributed by atoms with E-state index in [9.17, 15) is 9.59 Å². The Morgan fingerprint density at radius 3 is 2.59 bits per heavy atom. The van der Waals surface area contributed by atoms with Gasteiger partial charge in [0.2, 0.25) is 5.91 Å². The molecule has 0 aliphatic heterocycles. The number of hydrogen-bond donors (Lipinski definition) is 1. The maximum atomic E-state index is 12.0. The summed E-state index contributed by atoms with van der Waals surface area (Å²) in [7, 11) is 1.63. The van der Waals surface area contributed by atoms with E-state index in [0.717, 1.165) is 5.56 Å². The number of aromatic nitrogens is 2. The van der Waals surface area contributed by atoms with Gasteiger partial charge in [0, 0.05) is 25.5 Å². The molecular weight excluding hydrogens is 280 g/mol. The van der Waals surface area contributed by atoms with Crippen molar-refractivity contribution in [1.82, 2.24) is 9.78 Å². The lowest BCUT2D eigenvalue weighted by Crippen LogP contribution is -2.16. The van der Waals surface area contributed by atoms with Crippen LogP contribution in [0.25, 0.3) is 0 Å². The molecule has 1 amide bonds. The fourth-order valence-electron chi connectivity index (χ4n) is 1.97. The van der Waals surface area contributed by atoms with Gasteiger partial charge in [-0.2, -0.15) is 10.4 Å². The molecule has 2 rings (SSSR count). The Morgan fingerprint density at radius 1 is 1.27 bits per heavy atom. The van der Waals surface area contributed by atoms with Gasteiger partial charge < -0.3 is 5.32 Å². The quantitative estimate of drug-likeness (QED) is 0.857. The van der Waals surface area contributed by atoms with Crippen LogP contribution in [0.1, 0.15) is 34.3 Å². The third-order valence-electron chi connectivity index (χ3n) is 3.27. The van der Waals surface area contributed by atoms with Crippen LogP contribution in [-0.2, 0) is 11.8 Å². The topological polar surface area (TPSA) is 87.8 Å². The lowest BCUT2D eigenvalue weighted by Gasteiger charge is -2.06. The molecule has 0 aliphatic rings. The number of Topliss-reactive ketones (excluding diaryl/α,β-unsaturated/α-hetero) is 1. The second kappa shape index (κ2) is 6.68. The molecular formula is C16H16N4O2. The lowest BCUT2D eigenvalue weighted by atomic mass is 10.1. The van der Waals surface area contributed by atoms with Crippen molar-refractivity contribution >= 4 is 17.5 Å². The van der Waals surface area contributed by atoms with Crippen LogP contribution in [-0.4, -0.2) is 21.5 Å². The summed E-state index contributed by atoms with van der Waals surface area (Å²) in [6, 6.07) is 9.19. The molecule has 0 saturated carbocycles. The molecule has 0 fully saturated rings. The fourth-order valence-corrected chi connectivity index (χ4v) is 1.97. The molecule has 2 aromatic rings. The van der Waals surface area contributed by atoms with Crippen molar-refractivity contribution in [2.24, 2.45) is 7.05 Å². The van der Waals surface area contributed by atoms with Gasteiger partial charge in [-0.3, -0.25) is 14.3 Å². The molecule has 6 heteroatoms. The number of aryl methyl sites for hydroxylation is 2. The van der Waals surface area contributed by atoms with Crippen molar-refractivity contribution < 1.29 is 9.59 Å². The Balaban J connectivity index is 1.93. The standard InChI is InChI=1S/C16H16N4O2/c1-11-3-5-12(6-4-11)14(21)7-8-15(22)19-16-13(9-17)10-18-20(16)2/h3-6,10H,7-8H2,1-2H3,(H,19,22). The van der Waals surface area contributed by atoms with Gasteiger partial charge in [-0.25, -0.2) is 0 Å². The molecule has 1 heterocycles. The molecule has 1 N–H and O–H groups in total.